The Kier molecular flexibility index (Phi) is 4.22. The predicted octanol–water partition coefficient (Wildman–Crippen LogP) is 1.53. The molecule has 0 aromatic carbocycles. The maximum absolute atomic E-state index is 12.9. The molecule has 7 heteroatoms. The highest BCUT2D eigenvalue weighted by atomic mass is 16.6. The second-order valence-corrected chi connectivity index (χ2v) is 8.69. The number of cyclic esters (lactones) is 1. The van der Waals surface area contributed by atoms with Crippen LogP contribution >= 0.6 is 0 Å². The van der Waals surface area contributed by atoms with Gasteiger partial charge in [0.05, 0.1) is 5.41 Å². The molecule has 4 heterocycles. The first-order valence-corrected chi connectivity index (χ1v) is 10.4. The molecule has 0 radical (unpaired) electrons. The fourth-order valence-electron chi connectivity index (χ4n) is 5.38. The minimum Gasteiger partial charge on any atom is -0.461 e. The van der Waals surface area contributed by atoms with Gasteiger partial charge in [-0.05, 0) is 58.0 Å². The number of likely N-dealkylation sites (tertiary alicyclic amines) is 2. The number of carbonyl (C=O) groups excluding carboxylic acids is 2. The van der Waals surface area contributed by atoms with Gasteiger partial charge in [-0.1, -0.05) is 0 Å². The predicted molar refractivity (Wildman–Crippen MR) is 98.4 cm³/mol. The number of carbonyl (C=O) groups is 2. The Morgan fingerprint density at radius 2 is 1.93 bits per heavy atom. The lowest BCUT2D eigenvalue weighted by Crippen LogP contribution is -2.45. The number of rotatable bonds is 3. The Morgan fingerprint density at radius 1 is 1.15 bits per heavy atom. The van der Waals surface area contributed by atoms with Gasteiger partial charge in [0.1, 0.15) is 6.10 Å². The number of aromatic nitrogens is 2. The summed E-state index contributed by atoms with van der Waals surface area (Å²) in [7, 11) is 0. The fraction of sp³-hybridized carbons (Fsp3) is 0.750. The van der Waals surface area contributed by atoms with Gasteiger partial charge in [-0.3, -0.25) is 19.6 Å². The van der Waals surface area contributed by atoms with Crippen LogP contribution in [0, 0.1) is 5.41 Å². The summed E-state index contributed by atoms with van der Waals surface area (Å²) in [6.45, 7) is 4.35. The Hall–Kier alpha value is -1.89. The van der Waals surface area contributed by atoms with E-state index >= 15 is 0 Å². The second-order valence-electron chi connectivity index (χ2n) is 8.69. The molecule has 1 aromatic rings. The largest absolute Gasteiger partial charge is 0.461 e. The van der Waals surface area contributed by atoms with E-state index in [0.29, 0.717) is 31.6 Å². The number of nitrogens with zero attached hydrogens (tertiary/aromatic N) is 3. The molecule has 1 unspecified atom stereocenters. The van der Waals surface area contributed by atoms with Crippen molar-refractivity contribution in [2.24, 2.45) is 5.41 Å². The highest BCUT2D eigenvalue weighted by Gasteiger charge is 2.51. The first kappa shape index (κ1) is 17.2. The number of H-pyrrole nitrogens is 1. The lowest BCUT2D eigenvalue weighted by molar-refractivity contribution is -0.150. The summed E-state index contributed by atoms with van der Waals surface area (Å²) in [6, 6.07) is 0. The normalized spacial score (nSPS) is 27.3. The number of hydrogen-bond donors (Lipinski definition) is 1. The molecule has 5 rings (SSSR count). The number of hydrogen-bond acceptors (Lipinski definition) is 5. The van der Waals surface area contributed by atoms with Crippen molar-refractivity contribution in [1.82, 2.24) is 20.0 Å². The van der Waals surface area contributed by atoms with Crippen molar-refractivity contribution in [2.75, 3.05) is 32.7 Å². The molecule has 3 saturated heterocycles. The molecule has 0 bridgehead atoms. The molecule has 7 nitrogen and oxygen atoms in total. The minimum absolute atomic E-state index is 0.0178. The Bertz CT molecular complexity index is 744. The van der Waals surface area contributed by atoms with E-state index in [-0.39, 0.29) is 23.4 Å². The molecule has 1 amide bonds. The summed E-state index contributed by atoms with van der Waals surface area (Å²) in [5.41, 5.74) is 2.44. The molecule has 3 fully saturated rings. The molecule has 1 N–H and O–H groups in total. The summed E-state index contributed by atoms with van der Waals surface area (Å²) < 4.78 is 5.74. The number of aryl methyl sites for hydroxylation is 1. The van der Waals surface area contributed by atoms with Gasteiger partial charge in [0.25, 0.3) is 5.91 Å². The summed E-state index contributed by atoms with van der Waals surface area (Å²) in [5.74, 6) is -0.0244. The molecule has 146 valence electrons. The number of nitrogens with one attached hydrogen (secondary N) is 1. The average molecular weight is 372 g/mol. The van der Waals surface area contributed by atoms with E-state index in [1.807, 2.05) is 4.90 Å². The fourth-order valence-corrected chi connectivity index (χ4v) is 5.38. The molecule has 1 atom stereocenters. The van der Waals surface area contributed by atoms with Gasteiger partial charge >= 0.3 is 5.97 Å². The molecule has 1 aliphatic carbocycles. The monoisotopic (exact) mass is 372 g/mol. The maximum atomic E-state index is 12.9. The minimum atomic E-state index is -0.380. The molecule has 3 aliphatic heterocycles. The van der Waals surface area contributed by atoms with Gasteiger partial charge in [0.2, 0.25) is 0 Å². The molecular weight excluding hydrogens is 344 g/mol. The zero-order chi connectivity index (χ0) is 18.4. The zero-order valence-corrected chi connectivity index (χ0v) is 15.8. The van der Waals surface area contributed by atoms with Crippen LogP contribution in [0.15, 0.2) is 0 Å². The van der Waals surface area contributed by atoms with Crippen molar-refractivity contribution < 1.29 is 14.3 Å². The molecule has 1 spiro atoms. The van der Waals surface area contributed by atoms with Crippen molar-refractivity contribution in [1.29, 1.82) is 0 Å². The van der Waals surface area contributed by atoms with Gasteiger partial charge in [0, 0.05) is 37.3 Å². The first-order chi connectivity index (χ1) is 13.1. The standard InChI is InChI=1S/C20H28N4O3/c25-18(17-15-4-3-5-16(15)21-22-17)24-10-6-20(7-11-24)12-14(27-19(20)26)13-23-8-1-2-9-23/h14H,1-13H2,(H,21,22). The highest BCUT2D eigenvalue weighted by molar-refractivity contribution is 5.94. The van der Waals surface area contributed by atoms with Crippen LogP contribution in [0.25, 0.3) is 0 Å². The van der Waals surface area contributed by atoms with Gasteiger partial charge < -0.3 is 9.64 Å². The van der Waals surface area contributed by atoms with E-state index in [2.05, 4.69) is 15.1 Å². The van der Waals surface area contributed by atoms with Crippen LogP contribution in [0.3, 0.4) is 0 Å². The van der Waals surface area contributed by atoms with Crippen LogP contribution in [-0.4, -0.2) is 70.7 Å². The summed E-state index contributed by atoms with van der Waals surface area (Å²) in [5, 5.41) is 7.30. The van der Waals surface area contributed by atoms with Crippen LogP contribution in [-0.2, 0) is 22.4 Å². The lowest BCUT2D eigenvalue weighted by Gasteiger charge is -2.36. The summed E-state index contributed by atoms with van der Waals surface area (Å²) in [6.07, 6.45) is 7.77. The summed E-state index contributed by atoms with van der Waals surface area (Å²) in [4.78, 5) is 29.8. The first-order valence-electron chi connectivity index (χ1n) is 10.4. The molecule has 4 aliphatic rings. The third-order valence-corrected chi connectivity index (χ3v) is 7.00. The quantitative estimate of drug-likeness (QED) is 0.814. The molecule has 27 heavy (non-hydrogen) atoms. The van der Waals surface area contributed by atoms with Crippen LogP contribution in [0.1, 0.15) is 60.3 Å². The third kappa shape index (κ3) is 2.96. The van der Waals surface area contributed by atoms with Gasteiger partial charge in [-0.15, -0.1) is 0 Å². The number of ether oxygens (including phenoxy) is 1. The van der Waals surface area contributed by atoms with Crippen LogP contribution in [0.5, 0.6) is 0 Å². The van der Waals surface area contributed by atoms with E-state index in [1.54, 1.807) is 0 Å². The number of aromatic amines is 1. The van der Waals surface area contributed by atoms with Crippen LogP contribution < -0.4 is 0 Å². The van der Waals surface area contributed by atoms with Crippen LogP contribution in [0.4, 0.5) is 0 Å². The zero-order valence-electron chi connectivity index (χ0n) is 15.8. The van der Waals surface area contributed by atoms with Crippen molar-refractivity contribution >= 4 is 11.9 Å². The molecular formula is C20H28N4O3. The Balaban J connectivity index is 1.22. The van der Waals surface area contributed by atoms with E-state index in [4.69, 9.17) is 4.74 Å². The lowest BCUT2D eigenvalue weighted by atomic mass is 9.76. The molecule has 1 aromatic heterocycles. The van der Waals surface area contributed by atoms with E-state index < -0.39 is 0 Å². The summed E-state index contributed by atoms with van der Waals surface area (Å²) >= 11 is 0. The average Bonchev–Trinajstić information content (AvgIpc) is 3.42. The second kappa shape index (κ2) is 6.62. The smallest absolute Gasteiger partial charge is 0.312 e. The maximum Gasteiger partial charge on any atom is 0.312 e. The Morgan fingerprint density at radius 3 is 2.70 bits per heavy atom. The third-order valence-electron chi connectivity index (χ3n) is 7.00. The van der Waals surface area contributed by atoms with E-state index in [9.17, 15) is 9.59 Å². The van der Waals surface area contributed by atoms with Crippen molar-refractivity contribution in [3.63, 3.8) is 0 Å². The van der Waals surface area contributed by atoms with Gasteiger partial charge in [-0.2, -0.15) is 5.10 Å². The van der Waals surface area contributed by atoms with E-state index in [0.717, 1.165) is 56.6 Å². The van der Waals surface area contributed by atoms with Gasteiger partial charge in [0.15, 0.2) is 5.69 Å². The Labute approximate surface area is 159 Å². The van der Waals surface area contributed by atoms with E-state index in [1.165, 1.54) is 12.8 Å². The number of esters is 1. The SMILES string of the molecule is O=C(c1n[nH]c2c1CCC2)N1CCC2(CC1)CC(CN1CCCC1)OC2=O. The highest BCUT2D eigenvalue weighted by Crippen LogP contribution is 2.43. The van der Waals surface area contributed by atoms with Crippen LogP contribution in [0.2, 0.25) is 0 Å². The number of amides is 1. The molecule has 0 saturated carbocycles. The van der Waals surface area contributed by atoms with Crippen molar-refractivity contribution in [3.05, 3.63) is 17.0 Å². The number of piperidine rings is 1. The van der Waals surface area contributed by atoms with Gasteiger partial charge in [-0.25, -0.2) is 0 Å². The number of fused-ring (bicyclic) bond motifs is 1. The van der Waals surface area contributed by atoms with Crippen molar-refractivity contribution in [2.45, 2.75) is 57.5 Å². The van der Waals surface area contributed by atoms with Crippen molar-refractivity contribution in [3.8, 4) is 0 Å². The topological polar surface area (TPSA) is 78.5 Å².